The molecule has 18 heavy (non-hydrogen) atoms. The topological polar surface area (TPSA) is 38.9 Å². The Morgan fingerprint density at radius 3 is 2.67 bits per heavy atom. The highest BCUT2D eigenvalue weighted by atomic mass is 32.2. The van der Waals surface area contributed by atoms with Crippen molar-refractivity contribution in [2.24, 2.45) is 5.73 Å². The van der Waals surface area contributed by atoms with Crippen LogP contribution < -0.4 is 5.73 Å². The van der Waals surface area contributed by atoms with Gasteiger partial charge in [0, 0.05) is 23.7 Å². The Balaban J connectivity index is 2.21. The molecule has 0 spiro atoms. The van der Waals surface area contributed by atoms with Crippen LogP contribution >= 0.6 is 11.8 Å². The third kappa shape index (κ3) is 3.05. The Bertz CT molecular complexity index is 520. The second-order valence-electron chi connectivity index (χ2n) is 3.67. The number of rotatable bonds is 4. The predicted molar refractivity (Wildman–Crippen MR) is 68.2 cm³/mol. The summed E-state index contributed by atoms with van der Waals surface area (Å²) < 4.78 is 26.3. The van der Waals surface area contributed by atoms with Crippen LogP contribution in [0.25, 0.3) is 0 Å². The van der Waals surface area contributed by atoms with Gasteiger partial charge in [0.2, 0.25) is 0 Å². The molecule has 1 aromatic heterocycles. The van der Waals surface area contributed by atoms with Crippen molar-refractivity contribution in [3.63, 3.8) is 0 Å². The van der Waals surface area contributed by atoms with Gasteiger partial charge in [-0.25, -0.2) is 8.78 Å². The maximum atomic E-state index is 13.5. The number of benzene rings is 1. The van der Waals surface area contributed by atoms with Crippen molar-refractivity contribution in [1.82, 2.24) is 4.98 Å². The largest absolute Gasteiger partial charge is 0.329 e. The van der Waals surface area contributed by atoms with Gasteiger partial charge in [-0.3, -0.25) is 4.98 Å². The zero-order chi connectivity index (χ0) is 13.0. The van der Waals surface area contributed by atoms with E-state index in [2.05, 4.69) is 4.98 Å². The Kier molecular flexibility index (Phi) is 4.28. The highest BCUT2D eigenvalue weighted by Gasteiger charge is 2.15. The van der Waals surface area contributed by atoms with Crippen molar-refractivity contribution in [2.75, 3.05) is 6.54 Å². The molecule has 0 radical (unpaired) electrons. The molecule has 0 fully saturated rings. The molecule has 0 aliphatic carbocycles. The van der Waals surface area contributed by atoms with E-state index in [1.54, 1.807) is 12.3 Å². The van der Waals surface area contributed by atoms with Gasteiger partial charge in [0.05, 0.1) is 10.9 Å². The first-order chi connectivity index (χ1) is 8.70. The number of hydrogen-bond acceptors (Lipinski definition) is 3. The molecule has 0 amide bonds. The smallest absolute Gasteiger partial charge is 0.139 e. The van der Waals surface area contributed by atoms with E-state index in [1.165, 1.54) is 23.9 Å². The summed E-state index contributed by atoms with van der Waals surface area (Å²) in [6.07, 6.45) is 1.67. The van der Waals surface area contributed by atoms with Crippen LogP contribution in [0.3, 0.4) is 0 Å². The molecular weight excluding hydrogens is 254 g/mol. The highest BCUT2D eigenvalue weighted by Crippen LogP contribution is 2.34. The van der Waals surface area contributed by atoms with Gasteiger partial charge in [-0.2, -0.15) is 0 Å². The summed E-state index contributed by atoms with van der Waals surface area (Å²) in [6, 6.07) is 9.02. The lowest BCUT2D eigenvalue weighted by Gasteiger charge is -2.14. The van der Waals surface area contributed by atoms with E-state index in [9.17, 15) is 8.78 Å². The van der Waals surface area contributed by atoms with E-state index in [4.69, 9.17) is 5.73 Å². The summed E-state index contributed by atoms with van der Waals surface area (Å²) in [5.74, 6) is -1.16. The van der Waals surface area contributed by atoms with E-state index in [0.29, 0.717) is 11.4 Å². The summed E-state index contributed by atoms with van der Waals surface area (Å²) in [4.78, 5) is 4.57. The number of pyridine rings is 1. The minimum Gasteiger partial charge on any atom is -0.329 e. The molecule has 94 valence electrons. The van der Waals surface area contributed by atoms with Gasteiger partial charge in [-0.15, -0.1) is 11.8 Å². The van der Waals surface area contributed by atoms with Crippen LogP contribution in [0.1, 0.15) is 10.9 Å². The van der Waals surface area contributed by atoms with E-state index in [0.717, 1.165) is 11.8 Å². The monoisotopic (exact) mass is 266 g/mol. The van der Waals surface area contributed by atoms with Crippen molar-refractivity contribution in [1.29, 1.82) is 0 Å². The second kappa shape index (κ2) is 5.93. The predicted octanol–water partition coefficient (Wildman–Crippen LogP) is 3.15. The quantitative estimate of drug-likeness (QED) is 0.864. The first kappa shape index (κ1) is 13.0. The summed E-state index contributed by atoms with van der Waals surface area (Å²) in [6.45, 7) is 0.332. The molecule has 0 saturated heterocycles. The molecule has 5 heteroatoms. The number of hydrogen-bond donors (Lipinski definition) is 1. The first-order valence-electron chi connectivity index (χ1n) is 5.43. The van der Waals surface area contributed by atoms with Crippen molar-refractivity contribution in [2.45, 2.75) is 10.1 Å². The Morgan fingerprint density at radius 1 is 1.22 bits per heavy atom. The molecule has 1 unspecified atom stereocenters. The minimum atomic E-state index is -0.584. The zero-order valence-electron chi connectivity index (χ0n) is 9.51. The minimum absolute atomic E-state index is 0.147. The Morgan fingerprint density at radius 2 is 2.06 bits per heavy atom. The van der Waals surface area contributed by atoms with Crippen LogP contribution in [0.4, 0.5) is 8.78 Å². The van der Waals surface area contributed by atoms with Crippen molar-refractivity contribution in [3.8, 4) is 0 Å². The summed E-state index contributed by atoms with van der Waals surface area (Å²) in [5, 5.41) is -0.147. The molecule has 2 nitrogen and oxygen atoms in total. The van der Waals surface area contributed by atoms with Gasteiger partial charge >= 0.3 is 0 Å². The molecule has 2 N–H and O–H groups in total. The van der Waals surface area contributed by atoms with Crippen LogP contribution in [-0.4, -0.2) is 11.5 Å². The average molecular weight is 266 g/mol. The number of nitrogens with two attached hydrogens (primary N) is 1. The molecule has 1 atom stereocenters. The van der Waals surface area contributed by atoms with E-state index >= 15 is 0 Å². The number of halogens is 2. The van der Waals surface area contributed by atoms with Crippen LogP contribution in [0.2, 0.25) is 0 Å². The SMILES string of the molecule is NCC(Sc1ccc(F)cc1F)c1ccccn1. The normalized spacial score (nSPS) is 12.4. The Labute approximate surface area is 108 Å². The molecule has 1 aromatic carbocycles. The maximum Gasteiger partial charge on any atom is 0.139 e. The van der Waals surface area contributed by atoms with Gasteiger partial charge in [-0.1, -0.05) is 6.07 Å². The summed E-state index contributed by atoms with van der Waals surface area (Å²) >= 11 is 1.25. The second-order valence-corrected chi connectivity index (χ2v) is 4.92. The van der Waals surface area contributed by atoms with Crippen LogP contribution in [0.5, 0.6) is 0 Å². The zero-order valence-corrected chi connectivity index (χ0v) is 10.3. The van der Waals surface area contributed by atoms with E-state index in [1.807, 2.05) is 12.1 Å². The van der Waals surface area contributed by atoms with Crippen molar-refractivity contribution in [3.05, 3.63) is 59.9 Å². The fraction of sp³-hybridized carbons (Fsp3) is 0.154. The molecule has 0 aliphatic heterocycles. The summed E-state index contributed by atoms with van der Waals surface area (Å²) in [7, 11) is 0. The highest BCUT2D eigenvalue weighted by molar-refractivity contribution is 7.99. The molecular formula is C13H12F2N2S. The maximum absolute atomic E-state index is 13.5. The number of thioether (sulfide) groups is 1. The fourth-order valence-corrected chi connectivity index (χ4v) is 2.50. The fourth-order valence-electron chi connectivity index (χ4n) is 1.52. The Hall–Kier alpha value is -1.46. The van der Waals surface area contributed by atoms with Gasteiger partial charge in [0.15, 0.2) is 0 Å². The van der Waals surface area contributed by atoms with Gasteiger partial charge < -0.3 is 5.73 Å². The number of aromatic nitrogens is 1. The summed E-state index contributed by atoms with van der Waals surface area (Å²) in [5.41, 5.74) is 6.46. The molecule has 0 bridgehead atoms. The lowest BCUT2D eigenvalue weighted by atomic mass is 10.3. The molecule has 2 aromatic rings. The molecule has 2 rings (SSSR count). The molecule has 0 saturated carbocycles. The van der Waals surface area contributed by atoms with E-state index < -0.39 is 11.6 Å². The van der Waals surface area contributed by atoms with Gasteiger partial charge in [0.25, 0.3) is 0 Å². The lowest BCUT2D eigenvalue weighted by molar-refractivity contribution is 0.565. The first-order valence-corrected chi connectivity index (χ1v) is 6.31. The molecule has 0 aliphatic rings. The lowest BCUT2D eigenvalue weighted by Crippen LogP contribution is -2.10. The average Bonchev–Trinajstić information content (AvgIpc) is 2.39. The van der Waals surface area contributed by atoms with Crippen LogP contribution in [0.15, 0.2) is 47.5 Å². The van der Waals surface area contributed by atoms with Gasteiger partial charge in [-0.05, 0) is 24.3 Å². The van der Waals surface area contributed by atoms with Crippen LogP contribution in [-0.2, 0) is 0 Å². The van der Waals surface area contributed by atoms with Crippen molar-refractivity contribution >= 4 is 11.8 Å². The van der Waals surface area contributed by atoms with Gasteiger partial charge in [0.1, 0.15) is 11.6 Å². The number of nitrogens with zero attached hydrogens (tertiary/aromatic N) is 1. The standard InChI is InChI=1S/C13H12F2N2S/c14-9-4-5-12(10(15)7-9)18-13(8-16)11-3-1-2-6-17-11/h1-7,13H,8,16H2. The third-order valence-electron chi connectivity index (χ3n) is 2.39. The van der Waals surface area contributed by atoms with Crippen molar-refractivity contribution < 1.29 is 8.78 Å². The third-order valence-corrected chi connectivity index (χ3v) is 3.70. The van der Waals surface area contributed by atoms with Crippen LogP contribution in [0, 0.1) is 11.6 Å². The van der Waals surface area contributed by atoms with E-state index in [-0.39, 0.29) is 5.25 Å². The molecule has 1 heterocycles.